The number of benzene rings is 2. The first-order chi connectivity index (χ1) is 11.8. The summed E-state index contributed by atoms with van der Waals surface area (Å²) < 4.78 is 7.02. The Kier molecular flexibility index (Phi) is 3.66. The molecule has 2 aromatic carbocycles. The molecule has 24 heavy (non-hydrogen) atoms. The number of nitrogens with one attached hydrogen (secondary N) is 1. The van der Waals surface area contributed by atoms with Crippen LogP contribution in [-0.4, -0.2) is 27.3 Å². The van der Waals surface area contributed by atoms with Crippen LogP contribution in [0.4, 0.5) is 5.95 Å². The Morgan fingerprint density at radius 1 is 1.17 bits per heavy atom. The third-order valence-corrected chi connectivity index (χ3v) is 4.28. The molecule has 1 N–H and O–H groups in total. The van der Waals surface area contributed by atoms with Crippen molar-refractivity contribution in [2.45, 2.75) is 6.04 Å². The predicted molar refractivity (Wildman–Crippen MR) is 92.0 cm³/mol. The van der Waals surface area contributed by atoms with E-state index in [1.54, 1.807) is 11.8 Å². The predicted octanol–water partition coefficient (Wildman–Crippen LogP) is 3.39. The zero-order valence-electron chi connectivity index (χ0n) is 12.8. The number of methoxy groups -OCH3 is 1. The fourth-order valence-corrected chi connectivity index (χ4v) is 3.00. The maximum absolute atomic E-state index is 6.38. The number of rotatable bonds is 3. The Balaban J connectivity index is 1.83. The second-order valence-corrected chi connectivity index (χ2v) is 5.76. The number of nitrogens with zero attached hydrogens (tertiary/aromatic N) is 4. The van der Waals surface area contributed by atoms with Crippen molar-refractivity contribution in [3.63, 3.8) is 0 Å². The molecule has 120 valence electrons. The van der Waals surface area contributed by atoms with Crippen LogP contribution >= 0.6 is 11.6 Å². The molecular formula is C17H14ClN5O. The molecule has 1 aliphatic heterocycles. The molecule has 0 spiro atoms. The van der Waals surface area contributed by atoms with Gasteiger partial charge in [-0.15, -0.1) is 0 Å². The molecule has 0 saturated carbocycles. The van der Waals surface area contributed by atoms with E-state index in [0.717, 1.165) is 22.6 Å². The first-order valence-corrected chi connectivity index (χ1v) is 7.79. The highest BCUT2D eigenvalue weighted by Crippen LogP contribution is 2.35. The third-order valence-electron chi connectivity index (χ3n) is 3.93. The summed E-state index contributed by atoms with van der Waals surface area (Å²) in [5.41, 5.74) is 2.83. The number of allylic oxidation sites excluding steroid dienone is 1. The minimum Gasteiger partial charge on any atom is -0.497 e. The summed E-state index contributed by atoms with van der Waals surface area (Å²) in [5.74, 6) is 1.36. The summed E-state index contributed by atoms with van der Waals surface area (Å²) >= 11 is 6.38. The van der Waals surface area contributed by atoms with Gasteiger partial charge in [0, 0.05) is 16.3 Å². The number of hydrogen-bond acceptors (Lipinski definition) is 5. The minimum atomic E-state index is -0.189. The van der Waals surface area contributed by atoms with E-state index in [4.69, 9.17) is 16.3 Å². The molecule has 0 unspecified atom stereocenters. The quantitative estimate of drug-likeness (QED) is 0.792. The van der Waals surface area contributed by atoms with Crippen molar-refractivity contribution in [2.75, 3.05) is 12.4 Å². The van der Waals surface area contributed by atoms with Crippen LogP contribution in [-0.2, 0) is 0 Å². The molecule has 0 fully saturated rings. The molecule has 1 aromatic heterocycles. The highest BCUT2D eigenvalue weighted by molar-refractivity contribution is 6.31. The van der Waals surface area contributed by atoms with E-state index in [-0.39, 0.29) is 6.04 Å². The lowest BCUT2D eigenvalue weighted by atomic mass is 10.0. The van der Waals surface area contributed by atoms with Gasteiger partial charge in [0.1, 0.15) is 11.8 Å². The number of ether oxygens (including phenoxy) is 1. The first-order valence-electron chi connectivity index (χ1n) is 7.42. The van der Waals surface area contributed by atoms with E-state index in [1.165, 1.54) is 0 Å². The zero-order chi connectivity index (χ0) is 16.5. The second kappa shape index (κ2) is 5.98. The molecule has 0 bridgehead atoms. The van der Waals surface area contributed by atoms with Gasteiger partial charge in [0.05, 0.1) is 7.11 Å². The van der Waals surface area contributed by atoms with Crippen molar-refractivity contribution < 1.29 is 4.74 Å². The number of halogens is 1. The van der Waals surface area contributed by atoms with Crippen LogP contribution in [0.25, 0.3) is 5.70 Å². The number of fused-ring (bicyclic) bond motifs is 1. The lowest BCUT2D eigenvalue weighted by Gasteiger charge is -2.24. The lowest BCUT2D eigenvalue weighted by Crippen LogP contribution is -2.20. The van der Waals surface area contributed by atoms with Crippen LogP contribution < -0.4 is 10.1 Å². The van der Waals surface area contributed by atoms with Gasteiger partial charge >= 0.3 is 0 Å². The molecule has 2 heterocycles. The fraction of sp³-hybridized carbons (Fsp3) is 0.118. The number of hydrogen-bond donors (Lipinski definition) is 1. The average Bonchev–Trinajstić information content (AvgIpc) is 3.10. The topological polar surface area (TPSA) is 64.9 Å². The van der Waals surface area contributed by atoms with Crippen molar-refractivity contribution in [2.24, 2.45) is 0 Å². The molecule has 1 aliphatic rings. The molecule has 7 heteroatoms. The summed E-state index contributed by atoms with van der Waals surface area (Å²) in [5, 5.41) is 15.8. The van der Waals surface area contributed by atoms with Crippen LogP contribution in [0.15, 0.2) is 54.6 Å². The van der Waals surface area contributed by atoms with Crippen molar-refractivity contribution in [1.82, 2.24) is 20.2 Å². The maximum atomic E-state index is 6.38. The molecule has 0 radical (unpaired) electrons. The van der Waals surface area contributed by atoms with Gasteiger partial charge in [-0.05, 0) is 40.3 Å². The fourth-order valence-electron chi connectivity index (χ4n) is 2.75. The van der Waals surface area contributed by atoms with Crippen molar-refractivity contribution in [1.29, 1.82) is 0 Å². The Morgan fingerprint density at radius 2 is 2.04 bits per heavy atom. The van der Waals surface area contributed by atoms with Gasteiger partial charge < -0.3 is 10.1 Å². The van der Waals surface area contributed by atoms with Gasteiger partial charge in [-0.2, -0.15) is 4.68 Å². The second-order valence-electron chi connectivity index (χ2n) is 5.35. The monoisotopic (exact) mass is 339 g/mol. The Bertz CT molecular complexity index is 921. The van der Waals surface area contributed by atoms with E-state index in [9.17, 15) is 0 Å². The SMILES string of the molecule is COc1cccc(C2=C[C@@H](c3ccccc3Cl)n3nnnc3N2)c1. The third kappa shape index (κ3) is 2.51. The Morgan fingerprint density at radius 3 is 2.88 bits per heavy atom. The molecule has 0 aliphatic carbocycles. The standard InChI is InChI=1S/C17H14ClN5O/c1-24-12-6-4-5-11(9-12)15-10-16(13-7-2-3-8-14(13)18)23-17(19-15)20-21-22-23/h2-10,16H,1H3,(H,19,20,22)/t16-/m0/s1. The summed E-state index contributed by atoms with van der Waals surface area (Å²) in [6.45, 7) is 0. The van der Waals surface area contributed by atoms with E-state index in [0.29, 0.717) is 11.0 Å². The number of aromatic nitrogens is 4. The van der Waals surface area contributed by atoms with Crippen LogP contribution in [0.5, 0.6) is 5.75 Å². The largest absolute Gasteiger partial charge is 0.497 e. The molecular weight excluding hydrogens is 326 g/mol. The van der Waals surface area contributed by atoms with E-state index >= 15 is 0 Å². The number of anilines is 1. The van der Waals surface area contributed by atoms with E-state index in [2.05, 4.69) is 26.9 Å². The highest BCUT2D eigenvalue weighted by Gasteiger charge is 2.25. The first kappa shape index (κ1) is 14.7. The lowest BCUT2D eigenvalue weighted by molar-refractivity contribution is 0.414. The molecule has 0 saturated heterocycles. The molecule has 1 atom stereocenters. The van der Waals surface area contributed by atoms with Crippen LogP contribution in [0, 0.1) is 0 Å². The van der Waals surface area contributed by atoms with Gasteiger partial charge in [0.2, 0.25) is 5.95 Å². The van der Waals surface area contributed by atoms with Crippen molar-refractivity contribution in [3.05, 3.63) is 70.8 Å². The van der Waals surface area contributed by atoms with Crippen LogP contribution in [0.1, 0.15) is 17.2 Å². The van der Waals surface area contributed by atoms with Gasteiger partial charge in [0.15, 0.2) is 0 Å². The normalized spacial score (nSPS) is 16.1. The Labute approximate surface area is 143 Å². The van der Waals surface area contributed by atoms with E-state index in [1.807, 2.05) is 48.5 Å². The van der Waals surface area contributed by atoms with Crippen molar-refractivity contribution >= 4 is 23.2 Å². The van der Waals surface area contributed by atoms with Gasteiger partial charge in [0.25, 0.3) is 0 Å². The molecule has 0 amide bonds. The minimum absolute atomic E-state index is 0.189. The molecule has 4 rings (SSSR count). The highest BCUT2D eigenvalue weighted by atomic mass is 35.5. The van der Waals surface area contributed by atoms with Crippen molar-refractivity contribution in [3.8, 4) is 5.75 Å². The smallest absolute Gasteiger partial charge is 0.248 e. The van der Waals surface area contributed by atoms with Gasteiger partial charge in [-0.3, -0.25) is 0 Å². The molecule has 6 nitrogen and oxygen atoms in total. The Hall–Kier alpha value is -2.86. The van der Waals surface area contributed by atoms with Crippen LogP contribution in [0.2, 0.25) is 5.02 Å². The summed E-state index contributed by atoms with van der Waals surface area (Å²) in [7, 11) is 1.65. The van der Waals surface area contributed by atoms with Gasteiger partial charge in [-0.1, -0.05) is 47.0 Å². The average molecular weight is 340 g/mol. The van der Waals surface area contributed by atoms with Gasteiger partial charge in [-0.25, -0.2) is 0 Å². The summed E-state index contributed by atoms with van der Waals surface area (Å²) in [4.78, 5) is 0. The summed E-state index contributed by atoms with van der Waals surface area (Å²) in [6.07, 6.45) is 2.05. The summed E-state index contributed by atoms with van der Waals surface area (Å²) in [6, 6.07) is 15.3. The van der Waals surface area contributed by atoms with E-state index < -0.39 is 0 Å². The number of tetrazole rings is 1. The zero-order valence-corrected chi connectivity index (χ0v) is 13.6. The van der Waals surface area contributed by atoms with Crippen LogP contribution in [0.3, 0.4) is 0 Å². The molecule has 3 aromatic rings. The maximum Gasteiger partial charge on any atom is 0.248 e.